The zero-order valence-corrected chi connectivity index (χ0v) is 6.45. The van der Waals surface area contributed by atoms with Gasteiger partial charge in [-0.3, -0.25) is 0 Å². The molecule has 0 bridgehead atoms. The van der Waals surface area contributed by atoms with Gasteiger partial charge < -0.3 is 0 Å². The van der Waals surface area contributed by atoms with Crippen LogP contribution in [-0.4, -0.2) is 4.98 Å². The molecule has 0 aliphatic rings. The van der Waals surface area contributed by atoms with E-state index in [1.54, 1.807) is 0 Å². The summed E-state index contributed by atoms with van der Waals surface area (Å²) in [4.78, 5) is 3.56. The van der Waals surface area contributed by atoms with E-state index in [-0.39, 0.29) is 11.0 Å². The quantitative estimate of drug-likeness (QED) is 0.478. The van der Waals surface area contributed by atoms with Gasteiger partial charge in [0.1, 0.15) is 11.0 Å². The lowest BCUT2D eigenvalue weighted by Gasteiger charge is -1.96. The maximum absolute atomic E-state index is 12.4. The summed E-state index contributed by atoms with van der Waals surface area (Å²) in [5.74, 6) is -0.232. The second-order valence-electron chi connectivity index (χ2n) is 1.74. The lowest BCUT2D eigenvalue weighted by molar-refractivity contribution is 0.619. The highest BCUT2D eigenvalue weighted by molar-refractivity contribution is 6.31. The molecule has 4 heteroatoms. The Morgan fingerprint density at radius 1 is 1.60 bits per heavy atom. The first-order valence-electron chi connectivity index (χ1n) is 2.60. The van der Waals surface area contributed by atoms with Crippen LogP contribution in [0.2, 0.25) is 5.15 Å². The first-order valence-corrected chi connectivity index (χ1v) is 3.51. The maximum atomic E-state index is 12.4. The third-order valence-corrected chi connectivity index (χ3v) is 1.65. The molecular weight excluding hydrogens is 176 g/mol. The topological polar surface area (TPSA) is 12.9 Å². The first kappa shape index (κ1) is 7.76. The number of rotatable bonds is 1. The van der Waals surface area contributed by atoms with E-state index in [1.807, 2.05) is 0 Å². The molecule has 0 atom stereocenters. The highest BCUT2D eigenvalue weighted by Crippen LogP contribution is 2.15. The van der Waals surface area contributed by atoms with Gasteiger partial charge in [0.25, 0.3) is 0 Å². The lowest BCUT2D eigenvalue weighted by Crippen LogP contribution is -1.86. The van der Waals surface area contributed by atoms with Crippen LogP contribution in [0, 0.1) is 5.82 Å². The average Bonchev–Trinajstić information content (AvgIpc) is 1.94. The van der Waals surface area contributed by atoms with E-state index in [9.17, 15) is 4.39 Å². The highest BCUT2D eigenvalue weighted by Gasteiger charge is 2.00. The second kappa shape index (κ2) is 3.17. The van der Waals surface area contributed by atoms with Crippen LogP contribution < -0.4 is 0 Å². The van der Waals surface area contributed by atoms with Crippen LogP contribution in [0.4, 0.5) is 4.39 Å². The van der Waals surface area contributed by atoms with E-state index in [4.69, 9.17) is 23.2 Å². The number of pyridine rings is 1. The van der Waals surface area contributed by atoms with Gasteiger partial charge in [-0.15, -0.1) is 11.6 Å². The van der Waals surface area contributed by atoms with Crippen LogP contribution in [0.5, 0.6) is 0 Å². The van der Waals surface area contributed by atoms with Gasteiger partial charge in [-0.1, -0.05) is 11.6 Å². The minimum absolute atomic E-state index is 0.184. The molecule has 0 aliphatic carbocycles. The molecule has 0 unspecified atom stereocenters. The maximum Gasteiger partial charge on any atom is 0.141 e. The molecule has 0 fully saturated rings. The predicted octanol–water partition coefficient (Wildman–Crippen LogP) is 2.61. The predicted molar refractivity (Wildman–Crippen MR) is 38.8 cm³/mol. The fraction of sp³-hybridized carbons (Fsp3) is 0.167. The third-order valence-electron chi connectivity index (χ3n) is 1.02. The minimum Gasteiger partial charge on any atom is -0.241 e. The molecule has 0 aromatic carbocycles. The number of aromatic nitrogens is 1. The van der Waals surface area contributed by atoms with Crippen molar-refractivity contribution < 1.29 is 4.39 Å². The zero-order chi connectivity index (χ0) is 7.56. The molecule has 1 heterocycles. The lowest BCUT2D eigenvalue weighted by atomic mass is 10.3. The van der Waals surface area contributed by atoms with Crippen molar-refractivity contribution in [2.45, 2.75) is 5.88 Å². The summed E-state index contributed by atoms with van der Waals surface area (Å²) in [7, 11) is 0. The summed E-state index contributed by atoms with van der Waals surface area (Å²) in [5.41, 5.74) is 0.517. The molecule has 1 aromatic heterocycles. The van der Waals surface area contributed by atoms with Gasteiger partial charge >= 0.3 is 0 Å². The van der Waals surface area contributed by atoms with Crippen LogP contribution in [0.3, 0.4) is 0 Å². The standard InChI is InChI=1S/C6H4Cl2FN/c7-2-4-1-5(9)3-10-6(4)8/h1,3H,2H2. The molecular formula is C6H4Cl2FN. The fourth-order valence-corrected chi connectivity index (χ4v) is 1.00. The summed E-state index contributed by atoms with van der Waals surface area (Å²) in [6, 6.07) is 1.27. The summed E-state index contributed by atoms with van der Waals surface area (Å²) >= 11 is 10.9. The highest BCUT2D eigenvalue weighted by atomic mass is 35.5. The molecule has 0 radical (unpaired) electrons. The molecule has 54 valence electrons. The number of hydrogen-bond acceptors (Lipinski definition) is 1. The van der Waals surface area contributed by atoms with Crippen LogP contribution in [0.1, 0.15) is 5.56 Å². The Hall–Kier alpha value is -0.340. The van der Waals surface area contributed by atoms with Crippen molar-refractivity contribution >= 4 is 23.2 Å². The summed E-state index contributed by atoms with van der Waals surface area (Å²) < 4.78 is 12.4. The van der Waals surface area contributed by atoms with E-state index < -0.39 is 5.82 Å². The molecule has 0 saturated heterocycles. The van der Waals surface area contributed by atoms with Gasteiger partial charge in [-0.05, 0) is 6.07 Å². The molecule has 1 nitrogen and oxygen atoms in total. The number of halogens is 3. The van der Waals surface area contributed by atoms with Crippen molar-refractivity contribution in [1.29, 1.82) is 0 Å². The average molecular weight is 180 g/mol. The third kappa shape index (κ3) is 1.58. The molecule has 1 aromatic rings. The van der Waals surface area contributed by atoms with Crippen LogP contribution in [-0.2, 0) is 5.88 Å². The normalized spacial score (nSPS) is 9.90. The molecule has 0 amide bonds. The Kier molecular flexibility index (Phi) is 2.46. The Morgan fingerprint density at radius 3 is 2.80 bits per heavy atom. The first-order chi connectivity index (χ1) is 4.74. The van der Waals surface area contributed by atoms with Crippen molar-refractivity contribution in [1.82, 2.24) is 4.98 Å². The molecule has 1 rings (SSSR count). The van der Waals surface area contributed by atoms with E-state index in [1.165, 1.54) is 6.07 Å². The largest absolute Gasteiger partial charge is 0.241 e. The van der Waals surface area contributed by atoms with Gasteiger partial charge in [-0.2, -0.15) is 0 Å². The van der Waals surface area contributed by atoms with E-state index >= 15 is 0 Å². The molecule has 0 N–H and O–H groups in total. The molecule has 0 aliphatic heterocycles. The summed E-state index contributed by atoms with van der Waals surface area (Å²) in [6.45, 7) is 0. The zero-order valence-electron chi connectivity index (χ0n) is 4.94. The van der Waals surface area contributed by atoms with Crippen molar-refractivity contribution in [2.24, 2.45) is 0 Å². The fourth-order valence-electron chi connectivity index (χ4n) is 0.558. The molecule has 0 spiro atoms. The van der Waals surface area contributed by atoms with Crippen LogP contribution in [0.25, 0.3) is 0 Å². The van der Waals surface area contributed by atoms with Crippen LogP contribution >= 0.6 is 23.2 Å². The van der Waals surface area contributed by atoms with Crippen molar-refractivity contribution in [3.8, 4) is 0 Å². The SMILES string of the molecule is Fc1cnc(Cl)c(CCl)c1. The van der Waals surface area contributed by atoms with E-state index in [0.29, 0.717) is 5.56 Å². The second-order valence-corrected chi connectivity index (χ2v) is 2.36. The minimum atomic E-state index is -0.417. The number of nitrogens with zero attached hydrogens (tertiary/aromatic N) is 1. The number of hydrogen-bond donors (Lipinski definition) is 0. The van der Waals surface area contributed by atoms with Gasteiger partial charge in [0.15, 0.2) is 0 Å². The van der Waals surface area contributed by atoms with Crippen LogP contribution in [0.15, 0.2) is 12.3 Å². The van der Waals surface area contributed by atoms with Gasteiger partial charge in [0.2, 0.25) is 0 Å². The molecule has 10 heavy (non-hydrogen) atoms. The molecule has 0 saturated carbocycles. The Bertz CT molecular complexity index is 239. The van der Waals surface area contributed by atoms with E-state index in [0.717, 1.165) is 6.20 Å². The van der Waals surface area contributed by atoms with E-state index in [2.05, 4.69) is 4.98 Å². The van der Waals surface area contributed by atoms with Gasteiger partial charge in [0.05, 0.1) is 12.1 Å². The Balaban J connectivity index is 3.09. The Labute approximate surface area is 67.8 Å². The van der Waals surface area contributed by atoms with Gasteiger partial charge in [0, 0.05) is 5.56 Å². The Morgan fingerprint density at radius 2 is 2.30 bits per heavy atom. The monoisotopic (exact) mass is 179 g/mol. The number of alkyl halides is 1. The smallest absolute Gasteiger partial charge is 0.141 e. The van der Waals surface area contributed by atoms with Gasteiger partial charge in [-0.25, -0.2) is 9.37 Å². The van der Waals surface area contributed by atoms with Crippen molar-refractivity contribution in [3.63, 3.8) is 0 Å². The van der Waals surface area contributed by atoms with Crippen molar-refractivity contribution in [3.05, 3.63) is 28.8 Å². The van der Waals surface area contributed by atoms with Crippen molar-refractivity contribution in [2.75, 3.05) is 0 Å². The summed E-state index contributed by atoms with van der Waals surface area (Å²) in [5, 5.41) is 0.261. The summed E-state index contributed by atoms with van der Waals surface area (Å²) in [6.07, 6.45) is 1.05.